The van der Waals surface area contributed by atoms with Crippen molar-refractivity contribution >= 4 is 22.6 Å². The van der Waals surface area contributed by atoms with E-state index in [1.54, 1.807) is 14.2 Å². The number of rotatable bonds is 3. The van der Waals surface area contributed by atoms with Crippen LogP contribution >= 0.6 is 11.3 Å². The summed E-state index contributed by atoms with van der Waals surface area (Å²) >= 11 is 1.83. The molecule has 0 bridgehead atoms. The Balaban J connectivity index is 1.77. The van der Waals surface area contributed by atoms with Gasteiger partial charge in [-0.05, 0) is 40.3 Å². The molecule has 106 valence electrons. The smallest absolute Gasteiger partial charge is 0.131 e. The van der Waals surface area contributed by atoms with Gasteiger partial charge in [0.15, 0.2) is 0 Å². The third-order valence-electron chi connectivity index (χ3n) is 4.12. The fourth-order valence-corrected chi connectivity index (χ4v) is 3.99. The summed E-state index contributed by atoms with van der Waals surface area (Å²) in [7, 11) is 3.35. The molecular formula is C17H15NO2S. The molecule has 0 radical (unpaired) electrons. The highest BCUT2D eigenvalue weighted by Crippen LogP contribution is 2.42. The Labute approximate surface area is 127 Å². The molecule has 21 heavy (non-hydrogen) atoms. The van der Waals surface area contributed by atoms with Gasteiger partial charge in [-0.25, -0.2) is 0 Å². The number of benzene rings is 1. The lowest BCUT2D eigenvalue weighted by Gasteiger charge is -2.12. The first-order valence-electron chi connectivity index (χ1n) is 6.88. The Morgan fingerprint density at radius 3 is 2.76 bits per heavy atom. The van der Waals surface area contributed by atoms with Crippen molar-refractivity contribution in [2.24, 2.45) is 4.99 Å². The number of methoxy groups -OCH3 is 2. The van der Waals surface area contributed by atoms with Crippen molar-refractivity contribution in [2.75, 3.05) is 20.8 Å². The molecule has 1 aromatic heterocycles. The molecule has 2 heterocycles. The number of hydrogen-bond donors (Lipinski definition) is 0. The van der Waals surface area contributed by atoms with Crippen molar-refractivity contribution in [3.8, 4) is 11.5 Å². The van der Waals surface area contributed by atoms with Gasteiger partial charge in [-0.2, -0.15) is 0 Å². The molecule has 0 N–H and O–H groups in total. The second-order valence-corrected chi connectivity index (χ2v) is 6.12. The van der Waals surface area contributed by atoms with Gasteiger partial charge in [-0.1, -0.05) is 0 Å². The Kier molecular flexibility index (Phi) is 2.86. The van der Waals surface area contributed by atoms with E-state index in [1.165, 1.54) is 21.6 Å². The summed E-state index contributed by atoms with van der Waals surface area (Å²) in [6.45, 7) is 0.781. The zero-order chi connectivity index (χ0) is 14.4. The van der Waals surface area contributed by atoms with E-state index in [1.807, 2.05) is 29.5 Å². The van der Waals surface area contributed by atoms with Crippen molar-refractivity contribution in [1.82, 2.24) is 0 Å². The highest BCUT2D eigenvalue weighted by atomic mass is 32.1. The van der Waals surface area contributed by atoms with E-state index < -0.39 is 0 Å². The van der Waals surface area contributed by atoms with E-state index in [0.29, 0.717) is 0 Å². The number of aliphatic imine (C=N–C) groups is 1. The van der Waals surface area contributed by atoms with Gasteiger partial charge < -0.3 is 9.47 Å². The SMILES string of the molecule is COc1ccc(C2=NCC3=C2Cc2sccc23)c(OC)c1. The van der Waals surface area contributed by atoms with E-state index >= 15 is 0 Å². The topological polar surface area (TPSA) is 30.8 Å². The van der Waals surface area contributed by atoms with Crippen LogP contribution in [-0.2, 0) is 6.42 Å². The molecule has 0 amide bonds. The van der Waals surface area contributed by atoms with E-state index in [9.17, 15) is 0 Å². The lowest BCUT2D eigenvalue weighted by atomic mass is 9.99. The van der Waals surface area contributed by atoms with Crippen LogP contribution in [0.15, 0.2) is 40.2 Å². The summed E-state index contributed by atoms with van der Waals surface area (Å²) in [5.74, 6) is 1.62. The molecule has 2 aromatic rings. The molecule has 0 spiro atoms. The first kappa shape index (κ1) is 12.7. The quantitative estimate of drug-likeness (QED) is 0.867. The van der Waals surface area contributed by atoms with Gasteiger partial charge >= 0.3 is 0 Å². The molecule has 1 aliphatic heterocycles. The second kappa shape index (κ2) is 4.74. The number of hydrogen-bond acceptors (Lipinski definition) is 4. The van der Waals surface area contributed by atoms with E-state index in [2.05, 4.69) is 11.4 Å². The monoisotopic (exact) mass is 297 g/mol. The molecule has 4 rings (SSSR count). The van der Waals surface area contributed by atoms with Crippen LogP contribution in [0.3, 0.4) is 0 Å². The van der Waals surface area contributed by atoms with Crippen molar-refractivity contribution in [2.45, 2.75) is 6.42 Å². The van der Waals surface area contributed by atoms with Crippen LogP contribution in [0, 0.1) is 0 Å². The minimum atomic E-state index is 0.781. The Bertz CT molecular complexity index is 786. The van der Waals surface area contributed by atoms with Crippen LogP contribution in [0.2, 0.25) is 0 Å². The van der Waals surface area contributed by atoms with E-state index in [4.69, 9.17) is 14.5 Å². The van der Waals surface area contributed by atoms with Crippen LogP contribution in [0.1, 0.15) is 16.0 Å². The van der Waals surface area contributed by atoms with Gasteiger partial charge in [0.1, 0.15) is 11.5 Å². The highest BCUT2D eigenvalue weighted by Gasteiger charge is 2.31. The predicted octanol–water partition coefficient (Wildman–Crippen LogP) is 3.58. The lowest BCUT2D eigenvalue weighted by Crippen LogP contribution is -2.06. The standard InChI is InChI=1S/C17H15NO2S/c1-19-10-3-4-12(15(7-10)20-2)17-13-8-16-11(5-6-21-16)14(13)9-18-17/h3-7H,8-9H2,1-2H3. The predicted molar refractivity (Wildman–Crippen MR) is 85.9 cm³/mol. The average molecular weight is 297 g/mol. The Morgan fingerprint density at radius 1 is 1.05 bits per heavy atom. The summed E-state index contributed by atoms with van der Waals surface area (Å²) < 4.78 is 10.8. The fourth-order valence-electron chi connectivity index (χ4n) is 3.08. The van der Waals surface area contributed by atoms with Crippen LogP contribution in [0.5, 0.6) is 11.5 Å². The van der Waals surface area contributed by atoms with Crippen LogP contribution in [0.4, 0.5) is 0 Å². The van der Waals surface area contributed by atoms with Gasteiger partial charge in [0, 0.05) is 22.9 Å². The van der Waals surface area contributed by atoms with Crippen molar-refractivity contribution < 1.29 is 9.47 Å². The van der Waals surface area contributed by atoms with E-state index in [-0.39, 0.29) is 0 Å². The molecule has 0 fully saturated rings. The number of ether oxygens (including phenoxy) is 2. The van der Waals surface area contributed by atoms with Gasteiger partial charge in [-0.3, -0.25) is 4.99 Å². The molecular weight excluding hydrogens is 282 g/mol. The summed E-state index contributed by atoms with van der Waals surface area (Å²) in [5, 5.41) is 2.17. The van der Waals surface area contributed by atoms with Crippen LogP contribution < -0.4 is 9.47 Å². The molecule has 0 saturated carbocycles. The zero-order valence-corrected chi connectivity index (χ0v) is 12.8. The van der Waals surface area contributed by atoms with Crippen LogP contribution in [-0.4, -0.2) is 26.5 Å². The van der Waals surface area contributed by atoms with E-state index in [0.717, 1.165) is 35.7 Å². The number of allylic oxidation sites excluding steroid dienone is 1. The van der Waals surface area contributed by atoms with Gasteiger partial charge in [0.2, 0.25) is 0 Å². The summed E-state index contributed by atoms with van der Waals surface area (Å²) in [6.07, 6.45) is 0.996. The first-order chi connectivity index (χ1) is 10.3. The van der Waals surface area contributed by atoms with Crippen molar-refractivity contribution in [1.29, 1.82) is 0 Å². The summed E-state index contributed by atoms with van der Waals surface area (Å²) in [5.41, 5.74) is 6.27. The van der Waals surface area contributed by atoms with Gasteiger partial charge in [0.25, 0.3) is 0 Å². The van der Waals surface area contributed by atoms with Crippen molar-refractivity contribution in [3.05, 3.63) is 51.2 Å². The van der Waals surface area contributed by atoms with Gasteiger partial charge in [-0.15, -0.1) is 11.3 Å². The molecule has 0 saturated heterocycles. The number of nitrogens with zero attached hydrogens (tertiary/aromatic N) is 1. The maximum atomic E-state index is 5.53. The molecule has 1 aromatic carbocycles. The minimum absolute atomic E-state index is 0.781. The lowest BCUT2D eigenvalue weighted by molar-refractivity contribution is 0.394. The maximum absolute atomic E-state index is 5.53. The van der Waals surface area contributed by atoms with Gasteiger partial charge in [0.05, 0.1) is 26.5 Å². The zero-order valence-electron chi connectivity index (χ0n) is 12.0. The molecule has 2 aliphatic rings. The summed E-state index contributed by atoms with van der Waals surface area (Å²) in [6, 6.07) is 8.13. The maximum Gasteiger partial charge on any atom is 0.131 e. The normalized spacial score (nSPS) is 15.8. The fraction of sp³-hybridized carbons (Fsp3) is 0.235. The Morgan fingerprint density at radius 2 is 1.95 bits per heavy atom. The number of fused-ring (bicyclic) bond motifs is 2. The third-order valence-corrected chi connectivity index (χ3v) is 5.04. The first-order valence-corrected chi connectivity index (χ1v) is 7.75. The minimum Gasteiger partial charge on any atom is -0.497 e. The Hall–Kier alpha value is -2.07. The molecule has 4 heteroatoms. The second-order valence-electron chi connectivity index (χ2n) is 5.12. The van der Waals surface area contributed by atoms with Crippen molar-refractivity contribution in [3.63, 3.8) is 0 Å². The summed E-state index contributed by atoms with van der Waals surface area (Å²) in [4.78, 5) is 6.22. The highest BCUT2D eigenvalue weighted by molar-refractivity contribution is 7.10. The molecule has 3 nitrogen and oxygen atoms in total. The average Bonchev–Trinajstić information content (AvgIpc) is 3.18. The molecule has 0 unspecified atom stereocenters. The number of thiophene rings is 1. The molecule has 0 atom stereocenters. The molecule has 1 aliphatic carbocycles. The van der Waals surface area contributed by atoms with Crippen LogP contribution in [0.25, 0.3) is 5.57 Å². The third kappa shape index (κ3) is 1.83. The largest absolute Gasteiger partial charge is 0.497 e.